The van der Waals surface area contributed by atoms with Gasteiger partial charge in [0.2, 0.25) is 0 Å². The third-order valence-electron chi connectivity index (χ3n) is 1.96. The smallest absolute Gasteiger partial charge is 0.262 e. The maximum atomic E-state index is 11.6. The Labute approximate surface area is 113 Å². The number of nitrogens with two attached hydrogens (primary N) is 1. The number of hydrogen-bond donors (Lipinski definition) is 2. The Morgan fingerprint density at radius 1 is 1.56 bits per heavy atom. The molecule has 0 radical (unpaired) electrons. The van der Waals surface area contributed by atoms with Gasteiger partial charge in [0.15, 0.2) is 0 Å². The average molecular weight is 321 g/mol. The minimum Gasteiger partial charge on any atom is -0.393 e. The van der Waals surface area contributed by atoms with Crippen molar-refractivity contribution in [1.82, 2.24) is 5.32 Å². The van der Waals surface area contributed by atoms with E-state index in [0.717, 1.165) is 23.7 Å². The molecule has 1 amide bonds. The number of carbonyl (C=O) groups excluding carboxylic acids is 1. The van der Waals surface area contributed by atoms with Gasteiger partial charge >= 0.3 is 0 Å². The minimum absolute atomic E-state index is 0.0304. The normalized spacial score (nSPS) is 10.1. The molecule has 16 heavy (non-hydrogen) atoms. The zero-order valence-electron chi connectivity index (χ0n) is 8.66. The van der Waals surface area contributed by atoms with E-state index in [-0.39, 0.29) is 5.91 Å². The number of nitrogens with one attached hydrogen (secondary N) is 1. The molecular weight excluding hydrogens is 308 g/mol. The lowest BCUT2D eigenvalue weighted by atomic mass is 10.2. The summed E-state index contributed by atoms with van der Waals surface area (Å²) in [6, 6.07) is 1.87. The van der Waals surface area contributed by atoms with E-state index >= 15 is 0 Å². The van der Waals surface area contributed by atoms with E-state index in [1.54, 1.807) is 0 Å². The lowest BCUT2D eigenvalue weighted by Crippen LogP contribution is -2.24. The van der Waals surface area contributed by atoms with Crippen LogP contribution in [0.25, 0.3) is 0 Å². The monoisotopic (exact) mass is 320 g/mol. The van der Waals surface area contributed by atoms with Crippen molar-refractivity contribution < 1.29 is 4.79 Å². The van der Waals surface area contributed by atoms with Gasteiger partial charge in [0.05, 0.1) is 4.99 Å². The molecule has 1 aromatic heterocycles. The molecule has 0 atom stereocenters. The van der Waals surface area contributed by atoms with Crippen molar-refractivity contribution in [3.63, 3.8) is 0 Å². The number of rotatable bonds is 6. The highest BCUT2D eigenvalue weighted by Gasteiger charge is 2.09. The van der Waals surface area contributed by atoms with Crippen molar-refractivity contribution in [3.05, 3.63) is 20.8 Å². The van der Waals surface area contributed by atoms with Crippen LogP contribution in [0.3, 0.4) is 0 Å². The molecule has 0 saturated carbocycles. The maximum absolute atomic E-state index is 11.6. The summed E-state index contributed by atoms with van der Waals surface area (Å²) in [4.78, 5) is 12.9. The Kier molecular flexibility index (Phi) is 5.94. The SMILES string of the molecule is NC(=S)CCCCNC(=O)c1sccc1Br. The Bertz CT molecular complexity index is 379. The summed E-state index contributed by atoms with van der Waals surface area (Å²) >= 11 is 9.52. The standard InChI is InChI=1S/C10H13BrN2OS2/c11-7-4-6-16-9(7)10(14)13-5-2-1-3-8(12)15/h4,6H,1-3,5H2,(H2,12,15)(H,13,14). The van der Waals surface area contributed by atoms with E-state index in [2.05, 4.69) is 21.2 Å². The summed E-state index contributed by atoms with van der Waals surface area (Å²) in [6.45, 7) is 0.659. The molecule has 0 fully saturated rings. The van der Waals surface area contributed by atoms with Crippen LogP contribution in [-0.2, 0) is 0 Å². The number of thiocarbonyl (C=S) groups is 1. The van der Waals surface area contributed by atoms with Crippen LogP contribution in [0.1, 0.15) is 28.9 Å². The summed E-state index contributed by atoms with van der Waals surface area (Å²) in [6.07, 6.45) is 2.56. The van der Waals surface area contributed by atoms with Crippen LogP contribution in [0.5, 0.6) is 0 Å². The van der Waals surface area contributed by atoms with Crippen molar-refractivity contribution in [2.75, 3.05) is 6.54 Å². The second kappa shape index (κ2) is 6.98. The first kappa shape index (κ1) is 13.6. The minimum atomic E-state index is -0.0304. The van der Waals surface area contributed by atoms with E-state index in [9.17, 15) is 4.79 Å². The lowest BCUT2D eigenvalue weighted by Gasteiger charge is -2.03. The van der Waals surface area contributed by atoms with E-state index in [1.165, 1.54) is 11.3 Å². The molecule has 1 heterocycles. The molecule has 6 heteroatoms. The van der Waals surface area contributed by atoms with Crippen LogP contribution in [0.2, 0.25) is 0 Å². The Morgan fingerprint density at radius 2 is 2.31 bits per heavy atom. The Hall–Kier alpha value is -0.460. The number of amides is 1. The van der Waals surface area contributed by atoms with E-state index in [0.29, 0.717) is 16.4 Å². The molecule has 88 valence electrons. The first-order chi connectivity index (χ1) is 7.61. The lowest BCUT2D eigenvalue weighted by molar-refractivity contribution is 0.0956. The Balaban J connectivity index is 2.21. The van der Waals surface area contributed by atoms with Crippen molar-refractivity contribution >= 4 is 50.4 Å². The van der Waals surface area contributed by atoms with Crippen LogP contribution in [0.4, 0.5) is 0 Å². The van der Waals surface area contributed by atoms with Gasteiger partial charge in [-0.2, -0.15) is 0 Å². The Morgan fingerprint density at radius 3 is 2.88 bits per heavy atom. The van der Waals surface area contributed by atoms with Gasteiger partial charge in [0, 0.05) is 11.0 Å². The molecule has 0 aliphatic heterocycles. The largest absolute Gasteiger partial charge is 0.393 e. The highest BCUT2D eigenvalue weighted by atomic mass is 79.9. The van der Waals surface area contributed by atoms with Crippen molar-refractivity contribution in [2.45, 2.75) is 19.3 Å². The molecule has 0 aliphatic rings. The molecule has 3 nitrogen and oxygen atoms in total. The second-order valence-corrected chi connectivity index (χ2v) is 5.57. The highest BCUT2D eigenvalue weighted by molar-refractivity contribution is 9.10. The zero-order chi connectivity index (χ0) is 12.0. The predicted octanol–water partition coefficient (Wildman–Crippen LogP) is 2.70. The van der Waals surface area contributed by atoms with Gasteiger partial charge in [-0.15, -0.1) is 11.3 Å². The maximum Gasteiger partial charge on any atom is 0.262 e. The third kappa shape index (κ3) is 4.59. The van der Waals surface area contributed by atoms with Crippen LogP contribution < -0.4 is 11.1 Å². The fourth-order valence-corrected chi connectivity index (χ4v) is 2.77. The van der Waals surface area contributed by atoms with Gasteiger partial charge in [-0.25, -0.2) is 0 Å². The van der Waals surface area contributed by atoms with E-state index in [1.807, 2.05) is 11.4 Å². The quantitative estimate of drug-likeness (QED) is 0.626. The molecular formula is C10H13BrN2OS2. The summed E-state index contributed by atoms with van der Waals surface area (Å²) in [5.41, 5.74) is 5.37. The highest BCUT2D eigenvalue weighted by Crippen LogP contribution is 2.22. The third-order valence-corrected chi connectivity index (χ3v) is 4.00. The molecule has 0 unspecified atom stereocenters. The fourth-order valence-electron chi connectivity index (χ4n) is 1.16. The van der Waals surface area contributed by atoms with Gasteiger partial charge in [-0.05, 0) is 46.6 Å². The molecule has 0 saturated heterocycles. The van der Waals surface area contributed by atoms with Crippen LogP contribution >= 0.6 is 39.5 Å². The van der Waals surface area contributed by atoms with Gasteiger partial charge in [-0.3, -0.25) is 4.79 Å². The van der Waals surface area contributed by atoms with E-state index in [4.69, 9.17) is 18.0 Å². The van der Waals surface area contributed by atoms with Crippen molar-refractivity contribution in [1.29, 1.82) is 0 Å². The van der Waals surface area contributed by atoms with Crippen molar-refractivity contribution in [2.24, 2.45) is 5.73 Å². The fraction of sp³-hybridized carbons (Fsp3) is 0.400. The first-order valence-electron chi connectivity index (χ1n) is 4.90. The molecule has 0 aliphatic carbocycles. The van der Waals surface area contributed by atoms with Crippen LogP contribution in [0, 0.1) is 0 Å². The molecule has 3 N–H and O–H groups in total. The first-order valence-corrected chi connectivity index (χ1v) is 6.99. The number of carbonyl (C=O) groups is 1. The molecule has 0 aromatic carbocycles. The zero-order valence-corrected chi connectivity index (χ0v) is 11.9. The van der Waals surface area contributed by atoms with Crippen molar-refractivity contribution in [3.8, 4) is 0 Å². The second-order valence-electron chi connectivity index (χ2n) is 3.28. The van der Waals surface area contributed by atoms with Gasteiger partial charge in [-0.1, -0.05) is 12.2 Å². The van der Waals surface area contributed by atoms with E-state index < -0.39 is 0 Å². The van der Waals surface area contributed by atoms with Gasteiger partial charge in [0.1, 0.15) is 4.88 Å². The number of thiophene rings is 1. The summed E-state index contributed by atoms with van der Waals surface area (Å²) in [5, 5.41) is 4.74. The number of halogens is 1. The summed E-state index contributed by atoms with van der Waals surface area (Å²) in [7, 11) is 0. The topological polar surface area (TPSA) is 55.1 Å². The number of unbranched alkanes of at least 4 members (excludes halogenated alkanes) is 1. The van der Waals surface area contributed by atoms with Gasteiger partial charge < -0.3 is 11.1 Å². The summed E-state index contributed by atoms with van der Waals surface area (Å²) < 4.78 is 0.845. The van der Waals surface area contributed by atoms with Crippen LogP contribution in [-0.4, -0.2) is 17.4 Å². The molecule has 0 spiro atoms. The number of hydrogen-bond acceptors (Lipinski definition) is 3. The van der Waals surface area contributed by atoms with Crippen LogP contribution in [0.15, 0.2) is 15.9 Å². The molecule has 1 aromatic rings. The van der Waals surface area contributed by atoms with Gasteiger partial charge in [0.25, 0.3) is 5.91 Å². The predicted molar refractivity (Wildman–Crippen MR) is 75.0 cm³/mol. The average Bonchev–Trinajstić information content (AvgIpc) is 2.63. The molecule has 1 rings (SSSR count). The summed E-state index contributed by atoms with van der Waals surface area (Å²) in [5.74, 6) is -0.0304. The molecule has 0 bridgehead atoms.